The van der Waals surface area contributed by atoms with Crippen molar-refractivity contribution in [1.29, 1.82) is 0 Å². The zero-order chi connectivity index (χ0) is 41.3. The highest BCUT2D eigenvalue weighted by Crippen LogP contribution is 2.63. The van der Waals surface area contributed by atoms with Gasteiger partial charge in [-0.1, -0.05) is 106 Å². The van der Waals surface area contributed by atoms with Crippen LogP contribution < -0.4 is 15.7 Å². The monoisotopic (exact) mass is 834 g/mol. The number of para-hydroxylation sites is 2. The lowest BCUT2D eigenvalue weighted by atomic mass is 9.42. The first-order chi connectivity index (χ1) is 30.8. The maximum Gasteiger partial charge on any atom is 0.333 e. The Morgan fingerprint density at radius 2 is 1.46 bits per heavy atom. The van der Waals surface area contributed by atoms with Crippen LogP contribution in [0, 0.1) is 29.6 Å². The highest BCUT2D eigenvalue weighted by Gasteiger charge is 2.55. The molecule has 6 atom stereocenters. The molecule has 0 radical (unpaired) electrons. The number of benzene rings is 6. The van der Waals surface area contributed by atoms with Gasteiger partial charge in [-0.05, 0) is 197 Å². The Bertz CT molecular complexity index is 3230. The summed E-state index contributed by atoms with van der Waals surface area (Å²) < 4.78 is 2.80. The molecule has 0 saturated heterocycles. The molecule has 9 aliphatic rings. The summed E-state index contributed by atoms with van der Waals surface area (Å²) in [7, 11) is 0. The molecule has 2 nitrogen and oxygen atoms in total. The van der Waals surface area contributed by atoms with Crippen molar-refractivity contribution in [1.82, 2.24) is 4.57 Å². The van der Waals surface area contributed by atoms with Crippen molar-refractivity contribution < 1.29 is 0 Å². The first-order valence-electron chi connectivity index (χ1n) is 24.9. The van der Waals surface area contributed by atoms with Crippen molar-refractivity contribution in [2.45, 2.75) is 124 Å². The number of hydrogen-bond acceptors (Lipinski definition) is 2. The van der Waals surface area contributed by atoms with Crippen molar-refractivity contribution in [2.24, 2.45) is 29.6 Å². The van der Waals surface area contributed by atoms with Gasteiger partial charge in [0.2, 0.25) is 0 Å². The third-order valence-electron chi connectivity index (χ3n) is 19.8. The quantitative estimate of drug-likeness (QED) is 0.164. The Morgan fingerprint density at radius 3 is 2.35 bits per heavy atom. The predicted molar refractivity (Wildman–Crippen MR) is 263 cm³/mol. The fourth-order valence-corrected chi connectivity index (χ4v) is 18.6. The Labute approximate surface area is 377 Å². The summed E-state index contributed by atoms with van der Waals surface area (Å²) >= 11 is 1.98. The fourth-order valence-electron chi connectivity index (χ4n) is 17.4. The molecule has 5 bridgehead atoms. The molecule has 4 heterocycles. The molecule has 16 rings (SSSR count). The van der Waals surface area contributed by atoms with Gasteiger partial charge in [-0.25, -0.2) is 0 Å². The molecule has 0 amide bonds. The van der Waals surface area contributed by atoms with Gasteiger partial charge in [0.25, 0.3) is 0 Å². The van der Waals surface area contributed by atoms with E-state index in [9.17, 15) is 0 Å². The summed E-state index contributed by atoms with van der Waals surface area (Å²) in [6.45, 7) is 7.59. The van der Waals surface area contributed by atoms with Crippen molar-refractivity contribution in [3.8, 4) is 27.9 Å². The van der Waals surface area contributed by atoms with Crippen LogP contribution in [0.15, 0.2) is 113 Å². The summed E-state index contributed by atoms with van der Waals surface area (Å²) in [6, 6.07) is 42.2. The lowest BCUT2D eigenvalue weighted by Crippen LogP contribution is -2.61. The standard InChI is InChI=1S/C59H55BN2S/c1-4-58(29-33-16-17-34(22-33)30-58)38-18-19-47-42(25-38)44-26-39(59-21-20-36-23-35(31-59)24-37(36)32-59)27-46-55(44)61(47)49-28-43-40-10-5-6-12-45(40)57(2,3)53(43)52-41-11-9-15-51-56(41)62(60(46)54(49)52)48-13-7-8-14-50(48)63-51/h5-15,18-19,25-28,33-37H,4,16-17,20-24,29-32H2,1-3H3. The van der Waals surface area contributed by atoms with Gasteiger partial charge in [-0.2, -0.15) is 0 Å². The van der Waals surface area contributed by atoms with E-state index in [-0.39, 0.29) is 23.1 Å². The number of fused-ring (bicyclic) bond motifs is 17. The largest absolute Gasteiger partial charge is 0.374 e. The van der Waals surface area contributed by atoms with E-state index in [1.165, 1.54) is 165 Å². The first-order valence-corrected chi connectivity index (χ1v) is 25.8. The van der Waals surface area contributed by atoms with Crippen LogP contribution in [0.3, 0.4) is 0 Å². The second-order valence-corrected chi connectivity index (χ2v) is 24.1. The number of anilines is 2. The van der Waals surface area contributed by atoms with E-state index in [1.807, 2.05) is 11.8 Å². The molecule has 7 aromatic rings. The summed E-state index contributed by atoms with van der Waals surface area (Å²) in [5, 5.41) is 3.02. The molecule has 0 N–H and O–H groups in total. The second-order valence-electron chi connectivity index (χ2n) is 23.0. The lowest BCUT2D eigenvalue weighted by molar-refractivity contribution is 0.139. The third kappa shape index (κ3) is 4.29. The van der Waals surface area contributed by atoms with Crippen LogP contribution in [0.2, 0.25) is 0 Å². The van der Waals surface area contributed by atoms with Gasteiger partial charge in [0.15, 0.2) is 0 Å². The minimum Gasteiger partial charge on any atom is -0.374 e. The highest BCUT2D eigenvalue weighted by atomic mass is 32.2. The van der Waals surface area contributed by atoms with E-state index in [2.05, 4.69) is 133 Å². The van der Waals surface area contributed by atoms with Gasteiger partial charge in [0.1, 0.15) is 0 Å². The molecule has 4 heteroatoms. The zero-order valence-electron chi connectivity index (χ0n) is 37.1. The van der Waals surface area contributed by atoms with Gasteiger partial charge in [-0.15, -0.1) is 0 Å². The molecule has 6 unspecified atom stereocenters. The molecule has 3 aliphatic heterocycles. The van der Waals surface area contributed by atoms with E-state index >= 15 is 0 Å². The van der Waals surface area contributed by atoms with E-state index in [4.69, 9.17) is 0 Å². The molecule has 5 saturated carbocycles. The van der Waals surface area contributed by atoms with Crippen LogP contribution in [0.5, 0.6) is 0 Å². The van der Waals surface area contributed by atoms with Crippen LogP contribution in [-0.2, 0) is 16.2 Å². The molecule has 310 valence electrons. The van der Waals surface area contributed by atoms with Crippen molar-refractivity contribution in [3.63, 3.8) is 0 Å². The maximum absolute atomic E-state index is 2.85. The Kier molecular flexibility index (Phi) is 6.66. The summed E-state index contributed by atoms with van der Waals surface area (Å²) in [5.74, 6) is 4.58. The topological polar surface area (TPSA) is 8.17 Å². The molecule has 6 aliphatic carbocycles. The molecular formula is C59H55BN2S. The predicted octanol–water partition coefficient (Wildman–Crippen LogP) is 14.1. The Hall–Kier alpha value is -4.67. The van der Waals surface area contributed by atoms with Gasteiger partial charge < -0.3 is 9.38 Å². The molecule has 1 aromatic heterocycles. The molecular weight excluding hydrogens is 780 g/mol. The molecule has 5 fully saturated rings. The van der Waals surface area contributed by atoms with Crippen LogP contribution in [-0.4, -0.2) is 11.4 Å². The lowest BCUT2D eigenvalue weighted by Gasteiger charge is -2.48. The van der Waals surface area contributed by atoms with E-state index in [0.29, 0.717) is 0 Å². The van der Waals surface area contributed by atoms with Crippen LogP contribution in [0.25, 0.3) is 49.7 Å². The SMILES string of the molecule is CCC1(c2ccc3c(c2)c2cc(C45CCC6CC(CC6C4)C5)cc4c2n3-c2cc3c(c5c2B4N2c4ccccc4Sc4cccc-5c42)C(C)(C)c2ccccc2-3)CC2CCC(C2)C1. The van der Waals surface area contributed by atoms with Crippen molar-refractivity contribution in [3.05, 3.63) is 125 Å². The smallest absolute Gasteiger partial charge is 0.333 e. The third-order valence-corrected chi connectivity index (χ3v) is 21.0. The van der Waals surface area contributed by atoms with Gasteiger partial charge in [0.05, 0.1) is 16.7 Å². The van der Waals surface area contributed by atoms with Gasteiger partial charge >= 0.3 is 6.85 Å². The first kappa shape index (κ1) is 35.7. The molecule has 0 spiro atoms. The van der Waals surface area contributed by atoms with Crippen LogP contribution in [0.4, 0.5) is 11.4 Å². The Balaban J connectivity index is 1.06. The summed E-state index contributed by atoms with van der Waals surface area (Å²) in [5.41, 5.74) is 22.6. The normalized spacial score (nSPS) is 30.1. The second kappa shape index (κ2) is 11.8. The average Bonchev–Trinajstić information content (AvgIpc) is 3.97. The number of nitrogens with zero attached hydrogens (tertiary/aromatic N) is 2. The van der Waals surface area contributed by atoms with E-state index in [0.717, 1.165) is 29.6 Å². The minimum atomic E-state index is -0.136. The maximum atomic E-state index is 2.85. The number of rotatable bonds is 3. The van der Waals surface area contributed by atoms with Gasteiger partial charge in [-0.3, -0.25) is 0 Å². The summed E-state index contributed by atoms with van der Waals surface area (Å²) in [4.78, 5) is 5.61. The number of hydrogen-bond donors (Lipinski definition) is 0. The van der Waals surface area contributed by atoms with Gasteiger partial charge in [0, 0.05) is 42.9 Å². The van der Waals surface area contributed by atoms with Crippen LogP contribution in [0.1, 0.15) is 120 Å². The zero-order valence-corrected chi connectivity index (χ0v) is 37.9. The van der Waals surface area contributed by atoms with E-state index < -0.39 is 0 Å². The fraction of sp³-hybridized carbons (Fsp3) is 0.390. The average molecular weight is 835 g/mol. The number of aromatic nitrogens is 1. The van der Waals surface area contributed by atoms with E-state index in [1.54, 1.807) is 16.6 Å². The highest BCUT2D eigenvalue weighted by molar-refractivity contribution is 7.99. The summed E-state index contributed by atoms with van der Waals surface area (Å²) in [6.07, 6.45) is 16.9. The van der Waals surface area contributed by atoms with Crippen molar-refractivity contribution in [2.75, 3.05) is 4.81 Å². The Morgan fingerprint density at radius 1 is 0.667 bits per heavy atom. The minimum absolute atomic E-state index is 0.0678. The molecule has 6 aromatic carbocycles. The molecule has 63 heavy (non-hydrogen) atoms. The van der Waals surface area contributed by atoms with Crippen LogP contribution >= 0.6 is 11.8 Å². The van der Waals surface area contributed by atoms with Crippen molar-refractivity contribution >= 4 is 62.7 Å².